The molecule has 6 rings (SSSR count). The third-order valence-electron chi connectivity index (χ3n) is 6.72. The minimum absolute atomic E-state index is 0.140. The maximum Gasteiger partial charge on any atom is 0.194 e. The molecule has 0 saturated carbocycles. The van der Waals surface area contributed by atoms with Gasteiger partial charge < -0.3 is 4.57 Å². The van der Waals surface area contributed by atoms with Crippen LogP contribution in [0.15, 0.2) is 78.9 Å². The van der Waals surface area contributed by atoms with Crippen LogP contribution in [0.3, 0.4) is 0 Å². The van der Waals surface area contributed by atoms with Gasteiger partial charge in [-0.2, -0.15) is 0 Å². The van der Waals surface area contributed by atoms with E-state index < -0.39 is 0 Å². The summed E-state index contributed by atoms with van der Waals surface area (Å²) in [5, 5.41) is 2.24. The van der Waals surface area contributed by atoms with Crippen molar-refractivity contribution in [1.29, 1.82) is 0 Å². The number of hydrogen-bond acceptors (Lipinski definition) is 1. The number of hydrogen-bond donors (Lipinski definition) is 0. The van der Waals surface area contributed by atoms with Gasteiger partial charge in [-0.3, -0.25) is 4.79 Å². The van der Waals surface area contributed by atoms with Crippen molar-refractivity contribution in [3.8, 4) is 16.8 Å². The van der Waals surface area contributed by atoms with Gasteiger partial charge in [-0.15, -0.1) is 0 Å². The molecule has 150 valence electrons. The molecule has 1 aliphatic carbocycles. The molecule has 0 unspecified atom stereocenters. The van der Waals surface area contributed by atoms with Crippen molar-refractivity contribution < 1.29 is 4.79 Å². The van der Waals surface area contributed by atoms with Gasteiger partial charge in [0.15, 0.2) is 5.78 Å². The average molecular weight is 402 g/mol. The molecule has 5 aromatic rings. The first kappa shape index (κ1) is 18.1. The zero-order valence-corrected chi connectivity index (χ0v) is 17.8. The molecular formula is C29H23NO. The normalized spacial score (nSPS) is 12.5. The van der Waals surface area contributed by atoms with Crippen molar-refractivity contribution in [2.75, 3.05) is 0 Å². The molecule has 1 aromatic heterocycles. The van der Waals surface area contributed by atoms with Crippen LogP contribution < -0.4 is 0 Å². The summed E-state index contributed by atoms with van der Waals surface area (Å²) in [7, 11) is 0. The van der Waals surface area contributed by atoms with E-state index >= 15 is 0 Å². The van der Waals surface area contributed by atoms with Gasteiger partial charge in [-0.25, -0.2) is 0 Å². The van der Waals surface area contributed by atoms with Crippen LogP contribution in [0.25, 0.3) is 38.6 Å². The van der Waals surface area contributed by atoms with Gasteiger partial charge in [0.25, 0.3) is 0 Å². The monoisotopic (exact) mass is 401 g/mol. The number of ketones is 1. The van der Waals surface area contributed by atoms with Crippen LogP contribution in [0.2, 0.25) is 0 Å². The Morgan fingerprint density at radius 1 is 0.677 bits per heavy atom. The fourth-order valence-electron chi connectivity index (χ4n) is 5.30. The smallest absolute Gasteiger partial charge is 0.194 e. The average Bonchev–Trinajstić information content (AvgIpc) is 3.31. The quantitative estimate of drug-likeness (QED) is 0.309. The molecule has 0 fully saturated rings. The van der Waals surface area contributed by atoms with E-state index in [0.29, 0.717) is 0 Å². The Kier molecular flexibility index (Phi) is 3.91. The third-order valence-corrected chi connectivity index (χ3v) is 6.72. The lowest BCUT2D eigenvalue weighted by atomic mass is 9.99. The molecule has 0 aliphatic heterocycles. The van der Waals surface area contributed by atoms with E-state index in [-0.39, 0.29) is 5.78 Å². The Hall–Kier alpha value is -3.65. The molecule has 0 atom stereocenters. The van der Waals surface area contributed by atoms with E-state index in [0.717, 1.165) is 46.0 Å². The number of aryl methyl sites for hydroxylation is 2. The minimum atomic E-state index is 0.140. The summed E-state index contributed by atoms with van der Waals surface area (Å²) in [5.41, 5.74) is 9.90. The van der Waals surface area contributed by atoms with Crippen LogP contribution >= 0.6 is 0 Å². The molecule has 0 spiro atoms. The van der Waals surface area contributed by atoms with Crippen LogP contribution in [0.5, 0.6) is 0 Å². The number of aromatic nitrogens is 1. The summed E-state index contributed by atoms with van der Waals surface area (Å²) >= 11 is 0. The van der Waals surface area contributed by atoms with Crippen LogP contribution in [-0.2, 0) is 12.8 Å². The third kappa shape index (κ3) is 2.36. The number of para-hydroxylation sites is 2. The fourth-order valence-corrected chi connectivity index (χ4v) is 5.30. The summed E-state index contributed by atoms with van der Waals surface area (Å²) in [4.78, 5) is 13.6. The van der Waals surface area contributed by atoms with Crippen molar-refractivity contribution in [3.05, 3.63) is 101 Å². The summed E-state index contributed by atoms with van der Waals surface area (Å²) < 4.78 is 2.39. The molecule has 2 heteroatoms. The molecular weight excluding hydrogens is 378 g/mol. The number of rotatable bonds is 3. The first-order chi connectivity index (χ1) is 15.2. The number of carbonyl (C=O) groups is 1. The number of fused-ring (bicyclic) bond motifs is 7. The van der Waals surface area contributed by atoms with E-state index in [1.54, 1.807) is 0 Å². The van der Waals surface area contributed by atoms with Crippen molar-refractivity contribution in [1.82, 2.24) is 4.57 Å². The molecule has 1 aliphatic rings. The Balaban J connectivity index is 1.83. The minimum Gasteiger partial charge on any atom is -0.309 e. The lowest BCUT2D eigenvalue weighted by Gasteiger charge is -2.14. The van der Waals surface area contributed by atoms with Gasteiger partial charge in [0.1, 0.15) is 0 Å². The summed E-state index contributed by atoms with van der Waals surface area (Å²) in [6.07, 6.45) is 1.90. The highest BCUT2D eigenvalue weighted by molar-refractivity contribution is 6.31. The summed E-state index contributed by atoms with van der Waals surface area (Å²) in [6, 6.07) is 27.5. The van der Waals surface area contributed by atoms with Gasteiger partial charge in [0, 0.05) is 27.6 Å². The van der Waals surface area contributed by atoms with Crippen molar-refractivity contribution in [2.24, 2.45) is 0 Å². The van der Waals surface area contributed by atoms with Gasteiger partial charge in [0.05, 0.1) is 11.0 Å². The molecule has 31 heavy (non-hydrogen) atoms. The zero-order chi connectivity index (χ0) is 21.1. The van der Waals surface area contributed by atoms with E-state index in [9.17, 15) is 4.79 Å². The molecule has 1 heterocycles. The van der Waals surface area contributed by atoms with Crippen LogP contribution in [0, 0.1) is 0 Å². The van der Waals surface area contributed by atoms with E-state index in [1.807, 2.05) is 18.2 Å². The maximum absolute atomic E-state index is 13.6. The van der Waals surface area contributed by atoms with Crippen LogP contribution in [-0.4, -0.2) is 10.4 Å². The summed E-state index contributed by atoms with van der Waals surface area (Å²) in [5.74, 6) is 0.140. The second kappa shape index (κ2) is 6.68. The highest BCUT2D eigenvalue weighted by Gasteiger charge is 2.31. The topological polar surface area (TPSA) is 22.0 Å². The second-order valence-electron chi connectivity index (χ2n) is 8.24. The standard InChI is InChI=1S/C29H23NO/c1-3-18-10-5-8-15-24(18)30-25-17-16-21-20-12-6-7-13-22(20)29(31)27(21)26(25)23-14-9-11-19(4-2)28(23)30/h5-17H,3-4H2,1-2H3. The van der Waals surface area contributed by atoms with Crippen molar-refractivity contribution in [2.45, 2.75) is 26.7 Å². The lowest BCUT2D eigenvalue weighted by Crippen LogP contribution is -2.01. The maximum atomic E-state index is 13.6. The molecule has 0 saturated heterocycles. The first-order valence-electron chi connectivity index (χ1n) is 11.1. The predicted molar refractivity (Wildman–Crippen MR) is 128 cm³/mol. The van der Waals surface area contributed by atoms with Gasteiger partial charge in [0.2, 0.25) is 0 Å². The Labute approximate surface area is 181 Å². The highest BCUT2D eigenvalue weighted by atomic mass is 16.1. The number of nitrogens with zero attached hydrogens (tertiary/aromatic N) is 1. The fraction of sp³-hybridized carbons (Fsp3) is 0.138. The van der Waals surface area contributed by atoms with Crippen molar-refractivity contribution in [3.63, 3.8) is 0 Å². The Bertz CT molecular complexity index is 1520. The SMILES string of the molecule is CCc1ccccc1-n1c2ccc3c(c2c2cccc(CC)c21)C(=O)c1ccccc1-3. The molecule has 0 radical (unpaired) electrons. The first-order valence-corrected chi connectivity index (χ1v) is 11.1. The lowest BCUT2D eigenvalue weighted by molar-refractivity contribution is 0.104. The molecule has 4 aromatic carbocycles. The molecule has 0 amide bonds. The Morgan fingerprint density at radius 3 is 2.19 bits per heavy atom. The predicted octanol–water partition coefficient (Wildman–Crippen LogP) is 7.12. The van der Waals surface area contributed by atoms with Crippen LogP contribution in [0.4, 0.5) is 0 Å². The molecule has 0 N–H and O–H groups in total. The largest absolute Gasteiger partial charge is 0.309 e. The highest BCUT2D eigenvalue weighted by Crippen LogP contribution is 2.45. The second-order valence-corrected chi connectivity index (χ2v) is 8.24. The molecule has 2 nitrogen and oxygen atoms in total. The van der Waals surface area contributed by atoms with Crippen molar-refractivity contribution >= 4 is 27.6 Å². The van der Waals surface area contributed by atoms with Crippen LogP contribution in [0.1, 0.15) is 40.9 Å². The van der Waals surface area contributed by atoms with Gasteiger partial charge >= 0.3 is 0 Å². The van der Waals surface area contributed by atoms with E-state index in [4.69, 9.17) is 0 Å². The van der Waals surface area contributed by atoms with Gasteiger partial charge in [-0.05, 0) is 47.2 Å². The van der Waals surface area contributed by atoms with Gasteiger partial charge in [-0.1, -0.05) is 80.6 Å². The molecule has 0 bridgehead atoms. The summed E-state index contributed by atoms with van der Waals surface area (Å²) in [6.45, 7) is 4.40. The Morgan fingerprint density at radius 2 is 1.39 bits per heavy atom. The number of benzene rings is 4. The zero-order valence-electron chi connectivity index (χ0n) is 17.8. The van der Waals surface area contributed by atoms with E-state index in [1.165, 1.54) is 27.7 Å². The van der Waals surface area contributed by atoms with E-state index in [2.05, 4.69) is 79.1 Å². The number of carbonyl (C=O) groups excluding carboxylic acids is 1.